The maximum atomic E-state index is 5.30. The lowest BCUT2D eigenvalue weighted by Crippen LogP contribution is -2.36. The van der Waals surface area contributed by atoms with Crippen molar-refractivity contribution < 1.29 is 0 Å². The van der Waals surface area contributed by atoms with Crippen molar-refractivity contribution in [2.24, 2.45) is 0 Å². The molecule has 1 rings (SSSR count). The van der Waals surface area contributed by atoms with Crippen LogP contribution in [0.3, 0.4) is 0 Å². The van der Waals surface area contributed by atoms with E-state index in [9.17, 15) is 0 Å². The van der Waals surface area contributed by atoms with Crippen molar-refractivity contribution in [3.05, 3.63) is 35.9 Å². The number of unbranched alkanes of at least 4 members (excludes halogenated alkanes) is 1. The van der Waals surface area contributed by atoms with E-state index in [2.05, 4.69) is 41.4 Å². The lowest BCUT2D eigenvalue weighted by atomic mass is 10.2. The smallest absolute Gasteiger partial charge is 0.168 e. The van der Waals surface area contributed by atoms with Gasteiger partial charge in [-0.2, -0.15) is 0 Å². The SMILES string of the molecule is CCCCNC(=S)N(C)Cc1ccccc1. The monoisotopic (exact) mass is 236 g/mol. The number of nitrogens with one attached hydrogen (secondary N) is 1. The maximum Gasteiger partial charge on any atom is 0.168 e. The summed E-state index contributed by atoms with van der Waals surface area (Å²) in [6, 6.07) is 10.4. The van der Waals surface area contributed by atoms with E-state index < -0.39 is 0 Å². The molecule has 0 saturated carbocycles. The third-order valence-electron chi connectivity index (χ3n) is 2.42. The largest absolute Gasteiger partial charge is 0.363 e. The van der Waals surface area contributed by atoms with E-state index in [0.717, 1.165) is 18.2 Å². The summed E-state index contributed by atoms with van der Waals surface area (Å²) in [6.07, 6.45) is 2.36. The fourth-order valence-electron chi connectivity index (χ4n) is 1.44. The van der Waals surface area contributed by atoms with E-state index in [0.29, 0.717) is 0 Å². The van der Waals surface area contributed by atoms with Gasteiger partial charge in [-0.25, -0.2) is 0 Å². The van der Waals surface area contributed by atoms with Crippen molar-refractivity contribution in [2.75, 3.05) is 13.6 Å². The molecule has 0 atom stereocenters. The molecule has 0 saturated heterocycles. The first-order valence-corrected chi connectivity index (χ1v) is 6.17. The normalized spacial score (nSPS) is 9.88. The Bertz CT molecular complexity index is 311. The summed E-state index contributed by atoms with van der Waals surface area (Å²) in [5.41, 5.74) is 1.28. The number of hydrogen-bond acceptors (Lipinski definition) is 1. The molecule has 0 radical (unpaired) electrons. The summed E-state index contributed by atoms with van der Waals surface area (Å²) in [5.74, 6) is 0. The third-order valence-corrected chi connectivity index (χ3v) is 2.87. The second-order valence-electron chi connectivity index (χ2n) is 3.93. The van der Waals surface area contributed by atoms with E-state index in [1.807, 2.05) is 13.1 Å². The van der Waals surface area contributed by atoms with Gasteiger partial charge in [0.15, 0.2) is 5.11 Å². The molecule has 3 heteroatoms. The van der Waals surface area contributed by atoms with Crippen molar-refractivity contribution >= 4 is 17.3 Å². The van der Waals surface area contributed by atoms with Crippen LogP contribution in [0, 0.1) is 0 Å². The van der Waals surface area contributed by atoms with Crippen molar-refractivity contribution in [1.29, 1.82) is 0 Å². The van der Waals surface area contributed by atoms with E-state index in [1.54, 1.807) is 0 Å². The second kappa shape index (κ2) is 7.23. The van der Waals surface area contributed by atoms with Crippen LogP contribution in [-0.4, -0.2) is 23.6 Å². The van der Waals surface area contributed by atoms with Gasteiger partial charge in [0.05, 0.1) is 0 Å². The molecule has 0 aromatic heterocycles. The third kappa shape index (κ3) is 4.62. The molecule has 1 aromatic rings. The summed E-state index contributed by atoms with van der Waals surface area (Å²) < 4.78 is 0. The predicted molar refractivity (Wildman–Crippen MR) is 73.4 cm³/mol. The van der Waals surface area contributed by atoms with Crippen molar-refractivity contribution in [3.8, 4) is 0 Å². The van der Waals surface area contributed by atoms with Gasteiger partial charge >= 0.3 is 0 Å². The minimum Gasteiger partial charge on any atom is -0.363 e. The highest BCUT2D eigenvalue weighted by Gasteiger charge is 2.03. The molecule has 0 aliphatic rings. The minimum absolute atomic E-state index is 0.831. The highest BCUT2D eigenvalue weighted by atomic mass is 32.1. The Labute approximate surface area is 104 Å². The lowest BCUT2D eigenvalue weighted by Gasteiger charge is -2.21. The van der Waals surface area contributed by atoms with Crippen LogP contribution in [-0.2, 0) is 6.54 Å². The summed E-state index contributed by atoms with van der Waals surface area (Å²) in [5, 5.41) is 4.09. The first kappa shape index (κ1) is 13.0. The second-order valence-corrected chi connectivity index (χ2v) is 4.31. The molecule has 1 aromatic carbocycles. The zero-order chi connectivity index (χ0) is 11.8. The summed E-state index contributed by atoms with van der Waals surface area (Å²) in [6.45, 7) is 4.01. The number of hydrogen-bond donors (Lipinski definition) is 1. The van der Waals surface area contributed by atoms with Crippen LogP contribution < -0.4 is 5.32 Å². The van der Waals surface area contributed by atoms with Gasteiger partial charge in [0.25, 0.3) is 0 Å². The first-order valence-electron chi connectivity index (χ1n) is 5.77. The molecule has 2 nitrogen and oxygen atoms in total. The number of nitrogens with zero attached hydrogens (tertiary/aromatic N) is 1. The molecule has 0 amide bonds. The van der Waals surface area contributed by atoms with E-state index in [4.69, 9.17) is 12.2 Å². The van der Waals surface area contributed by atoms with Gasteiger partial charge in [-0.3, -0.25) is 0 Å². The summed E-state index contributed by atoms with van der Waals surface area (Å²) >= 11 is 5.30. The Hall–Kier alpha value is -1.09. The fraction of sp³-hybridized carbons (Fsp3) is 0.462. The molecular weight excluding hydrogens is 216 g/mol. The van der Waals surface area contributed by atoms with Gasteiger partial charge in [0.1, 0.15) is 0 Å². The molecule has 0 heterocycles. The number of thiocarbonyl (C=S) groups is 1. The molecule has 0 bridgehead atoms. The highest BCUT2D eigenvalue weighted by Crippen LogP contribution is 2.02. The van der Waals surface area contributed by atoms with Gasteiger partial charge in [-0.1, -0.05) is 43.7 Å². The molecule has 88 valence electrons. The molecular formula is C13H20N2S. The maximum absolute atomic E-state index is 5.30. The van der Waals surface area contributed by atoms with E-state index >= 15 is 0 Å². The van der Waals surface area contributed by atoms with Crippen LogP contribution in [0.15, 0.2) is 30.3 Å². The van der Waals surface area contributed by atoms with E-state index in [-0.39, 0.29) is 0 Å². The van der Waals surface area contributed by atoms with Crippen LogP contribution in [0.25, 0.3) is 0 Å². The molecule has 16 heavy (non-hydrogen) atoms. The lowest BCUT2D eigenvalue weighted by molar-refractivity contribution is 0.487. The Morgan fingerprint density at radius 2 is 2.00 bits per heavy atom. The van der Waals surface area contributed by atoms with Crippen molar-refractivity contribution in [3.63, 3.8) is 0 Å². The zero-order valence-corrected chi connectivity index (χ0v) is 10.9. The van der Waals surface area contributed by atoms with Crippen molar-refractivity contribution in [2.45, 2.75) is 26.3 Å². The quantitative estimate of drug-likeness (QED) is 0.625. The van der Waals surface area contributed by atoms with Gasteiger partial charge in [-0.05, 0) is 24.2 Å². The van der Waals surface area contributed by atoms with Gasteiger partial charge in [0.2, 0.25) is 0 Å². The highest BCUT2D eigenvalue weighted by molar-refractivity contribution is 7.80. The average molecular weight is 236 g/mol. The molecule has 0 aliphatic carbocycles. The molecule has 1 N–H and O–H groups in total. The molecule has 0 fully saturated rings. The summed E-state index contributed by atoms with van der Waals surface area (Å²) in [4.78, 5) is 2.07. The average Bonchev–Trinajstić information content (AvgIpc) is 2.30. The topological polar surface area (TPSA) is 15.3 Å². The van der Waals surface area contributed by atoms with E-state index in [1.165, 1.54) is 18.4 Å². The van der Waals surface area contributed by atoms with Gasteiger partial charge in [-0.15, -0.1) is 0 Å². The van der Waals surface area contributed by atoms with Gasteiger partial charge in [0, 0.05) is 20.1 Å². The van der Waals surface area contributed by atoms with Crippen LogP contribution in [0.4, 0.5) is 0 Å². The number of benzene rings is 1. The van der Waals surface area contributed by atoms with Crippen LogP contribution in [0.2, 0.25) is 0 Å². The fourth-order valence-corrected chi connectivity index (χ4v) is 1.60. The zero-order valence-electron chi connectivity index (χ0n) is 10.1. The molecule has 0 spiro atoms. The minimum atomic E-state index is 0.831. The molecule has 0 aliphatic heterocycles. The standard InChI is InChI=1S/C13H20N2S/c1-3-4-10-14-13(16)15(2)11-12-8-6-5-7-9-12/h5-9H,3-4,10-11H2,1-2H3,(H,14,16). The Balaban J connectivity index is 2.34. The Morgan fingerprint density at radius 1 is 1.31 bits per heavy atom. The first-order chi connectivity index (χ1) is 7.74. The Kier molecular flexibility index (Phi) is 5.86. The Morgan fingerprint density at radius 3 is 2.62 bits per heavy atom. The van der Waals surface area contributed by atoms with Crippen LogP contribution >= 0.6 is 12.2 Å². The molecule has 0 unspecified atom stereocenters. The summed E-state index contributed by atoms with van der Waals surface area (Å²) in [7, 11) is 2.02. The van der Waals surface area contributed by atoms with Crippen LogP contribution in [0.1, 0.15) is 25.3 Å². The van der Waals surface area contributed by atoms with Crippen molar-refractivity contribution in [1.82, 2.24) is 10.2 Å². The number of rotatable bonds is 5. The van der Waals surface area contributed by atoms with Crippen LogP contribution in [0.5, 0.6) is 0 Å². The predicted octanol–water partition coefficient (Wildman–Crippen LogP) is 2.79. The van der Waals surface area contributed by atoms with Gasteiger partial charge < -0.3 is 10.2 Å².